The number of alkyl carbamates (subject to hydrolysis) is 1. The second-order valence-electron chi connectivity index (χ2n) is 11.9. The molecule has 0 fully saturated rings. The molecule has 0 aliphatic carbocycles. The van der Waals surface area contributed by atoms with Crippen molar-refractivity contribution >= 4 is 45.3 Å². The van der Waals surface area contributed by atoms with Gasteiger partial charge in [0.15, 0.2) is 5.96 Å². The molecule has 12 nitrogen and oxygen atoms in total. The lowest BCUT2D eigenvalue weighted by Gasteiger charge is -2.24. The second-order valence-corrected chi connectivity index (χ2v) is 14.7. The van der Waals surface area contributed by atoms with E-state index < -0.39 is 45.2 Å². The average molecular weight is 658 g/mol. The minimum atomic E-state index is -4.09. The van der Waals surface area contributed by atoms with Gasteiger partial charge in [-0.1, -0.05) is 42.5 Å². The predicted octanol–water partition coefficient (Wildman–Crippen LogP) is 4.17. The molecule has 14 heteroatoms. The molecule has 1 heterocycles. The highest BCUT2D eigenvalue weighted by Crippen LogP contribution is 2.31. The summed E-state index contributed by atoms with van der Waals surface area (Å²) >= 11 is 1.20. The van der Waals surface area contributed by atoms with Gasteiger partial charge in [0.25, 0.3) is 5.91 Å². The van der Waals surface area contributed by atoms with E-state index in [1.807, 2.05) is 24.3 Å². The van der Waals surface area contributed by atoms with Crippen LogP contribution in [0.15, 0.2) is 76.6 Å². The topological polar surface area (TPSA) is 178 Å². The van der Waals surface area contributed by atoms with Crippen LogP contribution in [0.3, 0.4) is 0 Å². The van der Waals surface area contributed by atoms with Gasteiger partial charge in [-0.05, 0) is 76.9 Å². The number of hydrogen-bond acceptors (Lipinski definition) is 9. The third-order valence-corrected chi connectivity index (χ3v) is 8.28. The lowest BCUT2D eigenvalue weighted by Crippen LogP contribution is -2.50. The molecule has 3 rings (SSSR count). The van der Waals surface area contributed by atoms with Crippen molar-refractivity contribution in [3.8, 4) is 10.4 Å². The molecule has 3 aromatic rings. The molecule has 45 heavy (non-hydrogen) atoms. The van der Waals surface area contributed by atoms with Crippen LogP contribution in [-0.2, 0) is 30.8 Å². The van der Waals surface area contributed by atoms with Crippen molar-refractivity contribution in [2.45, 2.75) is 70.2 Å². The molecule has 242 valence electrons. The number of nitrogens with one attached hydrogen (secondary N) is 3. The summed E-state index contributed by atoms with van der Waals surface area (Å²) in [5.41, 5.74) is 5.90. The zero-order valence-corrected chi connectivity index (χ0v) is 27.7. The van der Waals surface area contributed by atoms with Crippen molar-refractivity contribution in [2.75, 3.05) is 6.54 Å². The Morgan fingerprint density at radius 3 is 2.16 bits per heavy atom. The highest BCUT2D eigenvalue weighted by atomic mass is 32.2. The zero-order chi connectivity index (χ0) is 33.4. The molecule has 1 aromatic heterocycles. The SMILES string of the molecule is CC(C)(C)OC(=O)NC(N)=NCc1ccccc1-c1ccc(C(=O)NCC(NS(=O)(=O)c2ccccc2)C(=O)OC(C)(C)C)s1. The van der Waals surface area contributed by atoms with E-state index in [1.165, 1.54) is 23.5 Å². The van der Waals surface area contributed by atoms with Crippen molar-refractivity contribution in [1.82, 2.24) is 15.4 Å². The standard InChI is InChI=1S/C31H39N5O7S2/c1-30(2,3)42-27(38)23(36-45(40,41)21-13-8-7-9-14-21)19-33-26(37)25-17-16-24(44-25)22-15-11-10-12-20(22)18-34-28(32)35-29(39)43-31(4,5)6/h7-17,23,36H,18-19H2,1-6H3,(H,33,37)(H3,32,34,35,39). The fourth-order valence-corrected chi connectivity index (χ4v) is 5.99. The maximum absolute atomic E-state index is 13.1. The summed E-state index contributed by atoms with van der Waals surface area (Å²) in [6, 6.07) is 17.0. The Morgan fingerprint density at radius 1 is 0.889 bits per heavy atom. The Hall–Kier alpha value is -4.27. The molecule has 2 amide bonds. The summed E-state index contributed by atoms with van der Waals surface area (Å²) in [5.74, 6) is -1.43. The van der Waals surface area contributed by atoms with Gasteiger partial charge in [0.1, 0.15) is 17.2 Å². The fraction of sp³-hybridized carbons (Fsp3) is 0.355. The fourth-order valence-electron chi connectivity index (χ4n) is 3.80. The summed E-state index contributed by atoms with van der Waals surface area (Å²) in [7, 11) is -4.09. The van der Waals surface area contributed by atoms with E-state index in [1.54, 1.807) is 71.9 Å². The van der Waals surface area contributed by atoms with Gasteiger partial charge in [0.2, 0.25) is 10.0 Å². The lowest BCUT2D eigenvalue weighted by atomic mass is 10.1. The number of aliphatic imine (C=N–C) groups is 1. The molecule has 0 saturated heterocycles. The summed E-state index contributed by atoms with van der Waals surface area (Å²) < 4.78 is 38.8. The molecular weight excluding hydrogens is 619 g/mol. The molecule has 1 unspecified atom stereocenters. The van der Waals surface area contributed by atoms with E-state index in [0.29, 0.717) is 4.88 Å². The number of thiophene rings is 1. The van der Waals surface area contributed by atoms with Crippen molar-refractivity contribution in [1.29, 1.82) is 0 Å². The Labute approximate surface area is 267 Å². The molecule has 0 aliphatic heterocycles. The lowest BCUT2D eigenvalue weighted by molar-refractivity contribution is -0.156. The Balaban J connectivity index is 1.73. The molecule has 0 bridgehead atoms. The van der Waals surface area contributed by atoms with E-state index >= 15 is 0 Å². The first kappa shape index (κ1) is 35.2. The number of carbonyl (C=O) groups is 3. The maximum atomic E-state index is 13.1. The van der Waals surface area contributed by atoms with Crippen molar-refractivity contribution in [3.63, 3.8) is 0 Å². The Kier molecular flexibility index (Phi) is 11.5. The first-order valence-corrected chi connectivity index (χ1v) is 16.3. The van der Waals surface area contributed by atoms with Gasteiger partial charge in [0, 0.05) is 11.4 Å². The van der Waals surface area contributed by atoms with Crippen LogP contribution in [0.25, 0.3) is 10.4 Å². The number of guanidine groups is 1. The summed E-state index contributed by atoms with van der Waals surface area (Å²) in [6.07, 6.45) is -0.715. The van der Waals surface area contributed by atoms with E-state index in [2.05, 4.69) is 20.3 Å². The van der Waals surface area contributed by atoms with Crippen LogP contribution in [0.5, 0.6) is 0 Å². The number of nitrogens with zero attached hydrogens (tertiary/aromatic N) is 1. The number of carbonyl (C=O) groups excluding carboxylic acids is 3. The minimum absolute atomic E-state index is 0.0295. The van der Waals surface area contributed by atoms with Crippen LogP contribution < -0.4 is 21.1 Å². The number of rotatable bonds is 10. The normalized spacial score (nSPS) is 13.1. The first-order chi connectivity index (χ1) is 20.9. The Bertz CT molecular complexity index is 1640. The number of benzene rings is 2. The zero-order valence-electron chi connectivity index (χ0n) is 26.0. The summed E-state index contributed by atoms with van der Waals surface area (Å²) in [5, 5.41) is 5.04. The van der Waals surface area contributed by atoms with Crippen molar-refractivity contribution in [2.24, 2.45) is 10.7 Å². The van der Waals surface area contributed by atoms with E-state index in [-0.39, 0.29) is 23.9 Å². The smallest absolute Gasteiger partial charge is 0.414 e. The monoisotopic (exact) mass is 657 g/mol. The third kappa shape index (κ3) is 11.3. The number of sulfonamides is 1. The highest BCUT2D eigenvalue weighted by molar-refractivity contribution is 7.89. The van der Waals surface area contributed by atoms with E-state index in [9.17, 15) is 22.8 Å². The first-order valence-electron chi connectivity index (χ1n) is 14.0. The van der Waals surface area contributed by atoms with Crippen LogP contribution in [0.2, 0.25) is 0 Å². The molecule has 1 atom stereocenters. The van der Waals surface area contributed by atoms with Crippen LogP contribution in [0.4, 0.5) is 4.79 Å². The van der Waals surface area contributed by atoms with Crippen LogP contribution in [0, 0.1) is 0 Å². The third-order valence-electron chi connectivity index (χ3n) is 5.67. The molecule has 0 aliphatic rings. The van der Waals surface area contributed by atoms with Crippen molar-refractivity contribution < 1.29 is 32.3 Å². The Morgan fingerprint density at radius 2 is 1.51 bits per heavy atom. The van der Waals surface area contributed by atoms with Gasteiger partial charge in [-0.3, -0.25) is 14.9 Å². The van der Waals surface area contributed by atoms with Gasteiger partial charge < -0.3 is 20.5 Å². The predicted molar refractivity (Wildman–Crippen MR) is 173 cm³/mol. The van der Waals surface area contributed by atoms with Gasteiger partial charge in [-0.25, -0.2) is 18.2 Å². The number of hydrogen-bond donors (Lipinski definition) is 4. The van der Waals surface area contributed by atoms with Gasteiger partial charge >= 0.3 is 12.1 Å². The molecule has 5 N–H and O–H groups in total. The number of esters is 1. The van der Waals surface area contributed by atoms with Crippen LogP contribution in [0.1, 0.15) is 56.8 Å². The van der Waals surface area contributed by atoms with Gasteiger partial charge in [-0.2, -0.15) is 4.72 Å². The summed E-state index contributed by atoms with van der Waals surface area (Å²) in [6.45, 7) is 9.99. The minimum Gasteiger partial charge on any atom is -0.459 e. The molecular formula is C31H39N5O7S2. The largest absolute Gasteiger partial charge is 0.459 e. The maximum Gasteiger partial charge on any atom is 0.414 e. The van der Waals surface area contributed by atoms with E-state index in [4.69, 9.17) is 15.2 Å². The molecule has 0 saturated carbocycles. The molecule has 0 spiro atoms. The number of ether oxygens (including phenoxy) is 2. The van der Waals surface area contributed by atoms with Crippen LogP contribution in [-0.4, -0.2) is 56.1 Å². The quantitative estimate of drug-likeness (QED) is 0.143. The second kappa shape index (κ2) is 14.7. The number of amides is 2. The average Bonchev–Trinajstić information content (AvgIpc) is 3.43. The molecule has 0 radical (unpaired) electrons. The van der Waals surface area contributed by atoms with Gasteiger partial charge in [-0.15, -0.1) is 11.3 Å². The highest BCUT2D eigenvalue weighted by Gasteiger charge is 2.30. The van der Waals surface area contributed by atoms with Gasteiger partial charge in [0.05, 0.1) is 16.3 Å². The summed E-state index contributed by atoms with van der Waals surface area (Å²) in [4.78, 5) is 43.3. The van der Waals surface area contributed by atoms with Crippen LogP contribution >= 0.6 is 11.3 Å². The molecule has 2 aromatic carbocycles. The van der Waals surface area contributed by atoms with E-state index in [0.717, 1.165) is 16.0 Å². The number of nitrogens with two attached hydrogens (primary N) is 1. The van der Waals surface area contributed by atoms with Crippen molar-refractivity contribution in [3.05, 3.63) is 77.2 Å².